The summed E-state index contributed by atoms with van der Waals surface area (Å²) in [6, 6.07) is 7.04. The van der Waals surface area contributed by atoms with E-state index in [0.29, 0.717) is 18.8 Å². The van der Waals surface area contributed by atoms with Crippen LogP contribution in [0.2, 0.25) is 0 Å². The van der Waals surface area contributed by atoms with E-state index in [-0.39, 0.29) is 35.6 Å². The molecule has 0 unspecified atom stereocenters. The Labute approximate surface area is 202 Å². The molecule has 10 heteroatoms. The molecule has 1 aliphatic heterocycles. The van der Waals surface area contributed by atoms with Crippen LogP contribution in [0.4, 0.5) is 0 Å². The summed E-state index contributed by atoms with van der Waals surface area (Å²) in [6.45, 7) is 1.43. The number of carbonyl (C=O) groups is 2. The van der Waals surface area contributed by atoms with Gasteiger partial charge in [-0.15, -0.1) is 0 Å². The second-order valence-corrected chi connectivity index (χ2v) is 8.97. The SMILES string of the molecule is NC(=O)c1cccnc1OC1CCC(NC(=O)c2cnn3cc(OC4CCOCC4)ccc23)CC1. The van der Waals surface area contributed by atoms with E-state index in [1.165, 1.54) is 0 Å². The maximum atomic E-state index is 13.0. The summed E-state index contributed by atoms with van der Waals surface area (Å²) in [5.74, 6) is 0.275. The van der Waals surface area contributed by atoms with Crippen LogP contribution in [0.3, 0.4) is 0 Å². The largest absolute Gasteiger partial charge is 0.489 e. The molecule has 184 valence electrons. The minimum atomic E-state index is -0.565. The predicted molar refractivity (Wildman–Crippen MR) is 127 cm³/mol. The molecule has 35 heavy (non-hydrogen) atoms. The van der Waals surface area contributed by atoms with E-state index in [1.807, 2.05) is 18.3 Å². The first kappa shape index (κ1) is 23.1. The number of ether oxygens (including phenoxy) is 3. The van der Waals surface area contributed by atoms with Gasteiger partial charge in [0.2, 0.25) is 5.88 Å². The van der Waals surface area contributed by atoms with Gasteiger partial charge in [0.15, 0.2) is 0 Å². The second-order valence-electron chi connectivity index (χ2n) is 8.97. The highest BCUT2D eigenvalue weighted by molar-refractivity contribution is 6.00. The Morgan fingerprint density at radius 3 is 2.54 bits per heavy atom. The average molecular weight is 480 g/mol. The maximum Gasteiger partial charge on any atom is 0.255 e. The van der Waals surface area contributed by atoms with Gasteiger partial charge in [-0.25, -0.2) is 9.50 Å². The number of nitrogens with two attached hydrogens (primary N) is 1. The number of hydrogen-bond donors (Lipinski definition) is 2. The smallest absolute Gasteiger partial charge is 0.255 e. The van der Waals surface area contributed by atoms with Gasteiger partial charge in [-0.05, 0) is 49.9 Å². The zero-order valence-electron chi connectivity index (χ0n) is 19.4. The molecule has 0 atom stereocenters. The average Bonchev–Trinajstić information content (AvgIpc) is 3.29. The first-order valence-corrected chi connectivity index (χ1v) is 12.0. The molecule has 1 saturated carbocycles. The Hall–Kier alpha value is -3.66. The van der Waals surface area contributed by atoms with E-state index in [0.717, 1.165) is 49.8 Å². The molecular weight excluding hydrogens is 450 g/mol. The molecule has 0 bridgehead atoms. The zero-order valence-corrected chi connectivity index (χ0v) is 19.4. The van der Waals surface area contributed by atoms with Crippen LogP contribution in [0.25, 0.3) is 5.52 Å². The van der Waals surface area contributed by atoms with Gasteiger partial charge in [0.1, 0.15) is 23.5 Å². The summed E-state index contributed by atoms with van der Waals surface area (Å²) in [5.41, 5.74) is 6.94. The van der Waals surface area contributed by atoms with Gasteiger partial charge in [0.05, 0.1) is 36.7 Å². The number of rotatable bonds is 7. The third-order valence-electron chi connectivity index (χ3n) is 6.53. The lowest BCUT2D eigenvalue weighted by Crippen LogP contribution is -2.39. The van der Waals surface area contributed by atoms with E-state index in [1.54, 1.807) is 29.0 Å². The number of primary amides is 1. The fourth-order valence-corrected chi connectivity index (χ4v) is 4.61. The fraction of sp³-hybridized carbons (Fsp3) is 0.440. The molecular formula is C25H29N5O5. The van der Waals surface area contributed by atoms with E-state index in [9.17, 15) is 9.59 Å². The summed E-state index contributed by atoms with van der Waals surface area (Å²) in [4.78, 5) is 28.7. The predicted octanol–water partition coefficient (Wildman–Crippen LogP) is 2.51. The van der Waals surface area contributed by atoms with Crippen molar-refractivity contribution in [2.24, 2.45) is 5.73 Å². The Morgan fingerprint density at radius 1 is 1.00 bits per heavy atom. The normalized spacial score (nSPS) is 20.9. The molecule has 1 saturated heterocycles. The van der Waals surface area contributed by atoms with Gasteiger partial charge in [-0.3, -0.25) is 9.59 Å². The first-order chi connectivity index (χ1) is 17.1. The first-order valence-electron chi connectivity index (χ1n) is 12.0. The number of amides is 2. The minimum absolute atomic E-state index is 0.0350. The molecule has 2 fully saturated rings. The molecule has 2 aliphatic rings. The third-order valence-corrected chi connectivity index (χ3v) is 6.53. The minimum Gasteiger partial charge on any atom is -0.489 e. The standard InChI is InChI=1S/C25H29N5O5/c26-23(31)20-2-1-11-27-25(20)35-17-5-3-16(4-6-17)29-24(32)21-14-28-30-15-19(7-8-22(21)30)34-18-9-12-33-13-10-18/h1-2,7-8,11,14-18H,3-6,9-10,12-13H2,(H2,26,31)(H,29,32). The summed E-state index contributed by atoms with van der Waals surface area (Å²) in [5, 5.41) is 7.48. The second kappa shape index (κ2) is 10.3. The Balaban J connectivity index is 1.16. The quantitative estimate of drug-likeness (QED) is 0.532. The molecule has 4 heterocycles. The molecule has 1 aliphatic carbocycles. The van der Waals surface area contributed by atoms with Crippen molar-refractivity contribution in [3.05, 3.63) is 54.0 Å². The summed E-state index contributed by atoms with van der Waals surface area (Å²) < 4.78 is 19.0. The molecule has 3 N–H and O–H groups in total. The Bertz CT molecular complexity index is 1200. The van der Waals surface area contributed by atoms with E-state index < -0.39 is 5.91 Å². The van der Waals surface area contributed by atoms with Gasteiger partial charge in [-0.1, -0.05) is 0 Å². The number of aromatic nitrogens is 3. The summed E-state index contributed by atoms with van der Waals surface area (Å²) in [6.07, 6.45) is 9.76. The van der Waals surface area contributed by atoms with Gasteiger partial charge < -0.3 is 25.3 Å². The maximum absolute atomic E-state index is 13.0. The van der Waals surface area contributed by atoms with Crippen LogP contribution in [-0.2, 0) is 4.74 Å². The van der Waals surface area contributed by atoms with Crippen molar-refractivity contribution in [2.75, 3.05) is 13.2 Å². The van der Waals surface area contributed by atoms with Crippen LogP contribution in [-0.4, -0.2) is 57.9 Å². The number of hydrogen-bond acceptors (Lipinski definition) is 7. The van der Waals surface area contributed by atoms with Crippen LogP contribution in [0.15, 0.2) is 42.9 Å². The zero-order chi connectivity index (χ0) is 24.2. The number of nitrogens with one attached hydrogen (secondary N) is 1. The molecule has 3 aromatic rings. The lowest BCUT2D eigenvalue weighted by atomic mass is 9.92. The van der Waals surface area contributed by atoms with Crippen LogP contribution < -0.4 is 20.5 Å². The van der Waals surface area contributed by atoms with Gasteiger partial charge in [0, 0.05) is 25.1 Å². The van der Waals surface area contributed by atoms with Crippen LogP contribution >= 0.6 is 0 Å². The van der Waals surface area contributed by atoms with Crippen molar-refractivity contribution in [1.29, 1.82) is 0 Å². The van der Waals surface area contributed by atoms with Crippen LogP contribution in [0, 0.1) is 0 Å². The number of pyridine rings is 2. The highest BCUT2D eigenvalue weighted by atomic mass is 16.5. The van der Waals surface area contributed by atoms with Crippen molar-refractivity contribution < 1.29 is 23.8 Å². The number of carbonyl (C=O) groups excluding carboxylic acids is 2. The van der Waals surface area contributed by atoms with E-state index in [2.05, 4.69) is 15.4 Å². The summed E-state index contributed by atoms with van der Waals surface area (Å²) in [7, 11) is 0. The van der Waals surface area contributed by atoms with Crippen molar-refractivity contribution in [1.82, 2.24) is 19.9 Å². The fourth-order valence-electron chi connectivity index (χ4n) is 4.61. The highest BCUT2D eigenvalue weighted by Gasteiger charge is 2.26. The monoisotopic (exact) mass is 479 g/mol. The topological polar surface area (TPSA) is 130 Å². The van der Waals surface area contributed by atoms with Crippen molar-refractivity contribution in [2.45, 2.75) is 56.8 Å². The molecule has 5 rings (SSSR count). The van der Waals surface area contributed by atoms with Crippen LogP contribution in [0.5, 0.6) is 11.6 Å². The van der Waals surface area contributed by atoms with Gasteiger partial charge in [-0.2, -0.15) is 5.10 Å². The van der Waals surface area contributed by atoms with E-state index >= 15 is 0 Å². The molecule has 2 amide bonds. The summed E-state index contributed by atoms with van der Waals surface area (Å²) >= 11 is 0. The van der Waals surface area contributed by atoms with E-state index in [4.69, 9.17) is 19.9 Å². The Kier molecular flexibility index (Phi) is 6.80. The third kappa shape index (κ3) is 5.37. The molecule has 10 nitrogen and oxygen atoms in total. The van der Waals surface area contributed by atoms with Crippen molar-refractivity contribution >= 4 is 17.3 Å². The molecule has 0 aromatic carbocycles. The molecule has 0 radical (unpaired) electrons. The number of nitrogens with zero attached hydrogens (tertiary/aromatic N) is 3. The lowest BCUT2D eigenvalue weighted by molar-refractivity contribution is 0.0253. The van der Waals surface area contributed by atoms with Crippen LogP contribution in [0.1, 0.15) is 59.2 Å². The Morgan fingerprint density at radius 2 is 1.77 bits per heavy atom. The highest BCUT2D eigenvalue weighted by Crippen LogP contribution is 2.26. The number of fused-ring (bicyclic) bond motifs is 1. The van der Waals surface area contributed by atoms with Crippen molar-refractivity contribution in [3.8, 4) is 11.6 Å². The van der Waals surface area contributed by atoms with Gasteiger partial charge >= 0.3 is 0 Å². The molecule has 0 spiro atoms. The lowest BCUT2D eigenvalue weighted by Gasteiger charge is -2.29. The van der Waals surface area contributed by atoms with Gasteiger partial charge in [0.25, 0.3) is 11.8 Å². The molecule has 3 aromatic heterocycles. The van der Waals surface area contributed by atoms with Crippen molar-refractivity contribution in [3.63, 3.8) is 0 Å².